The van der Waals surface area contributed by atoms with Gasteiger partial charge in [0.1, 0.15) is 0 Å². The van der Waals surface area contributed by atoms with Crippen molar-refractivity contribution in [2.24, 2.45) is 0 Å². The maximum atomic E-state index is 12.8. The lowest BCUT2D eigenvalue weighted by Crippen LogP contribution is -2.27. The zero-order chi connectivity index (χ0) is 19.5. The van der Waals surface area contributed by atoms with Crippen LogP contribution in [0.4, 0.5) is 0 Å². The summed E-state index contributed by atoms with van der Waals surface area (Å²) in [6.07, 6.45) is 6.40. The average Bonchev–Trinajstić information content (AvgIpc) is 3.12. The third-order valence-corrected chi connectivity index (χ3v) is 5.95. The molecule has 4 rings (SSSR count). The first-order chi connectivity index (χ1) is 13.6. The smallest absolute Gasteiger partial charge is 0.251 e. The molecule has 0 bridgehead atoms. The fourth-order valence-corrected chi connectivity index (χ4v) is 4.29. The minimum absolute atomic E-state index is 0.0384. The molecule has 1 aliphatic heterocycles. The van der Waals surface area contributed by atoms with E-state index in [1.54, 1.807) is 0 Å². The van der Waals surface area contributed by atoms with E-state index in [9.17, 15) is 9.59 Å². The summed E-state index contributed by atoms with van der Waals surface area (Å²) < 4.78 is 0. The van der Waals surface area contributed by atoms with Gasteiger partial charge in [0.25, 0.3) is 5.91 Å². The van der Waals surface area contributed by atoms with Crippen molar-refractivity contribution in [3.05, 3.63) is 70.3 Å². The van der Waals surface area contributed by atoms with Crippen molar-refractivity contribution in [3.8, 4) is 0 Å². The number of fused-ring (bicyclic) bond motifs is 1. The normalized spacial score (nSPS) is 17.3. The van der Waals surface area contributed by atoms with E-state index in [0.29, 0.717) is 18.5 Å². The van der Waals surface area contributed by atoms with E-state index in [4.69, 9.17) is 0 Å². The zero-order valence-corrected chi connectivity index (χ0v) is 16.5. The first-order valence-corrected chi connectivity index (χ1v) is 10.4. The Morgan fingerprint density at radius 2 is 1.86 bits per heavy atom. The SMILES string of the molecule is C[C@H](NC(=O)c1cccc(CN2CCCC2=O)c1)c1ccc2c(c1)CCCC2. The summed E-state index contributed by atoms with van der Waals surface area (Å²) in [5.74, 6) is 0.135. The van der Waals surface area contributed by atoms with Gasteiger partial charge in [-0.2, -0.15) is 0 Å². The Labute approximate surface area is 166 Å². The number of nitrogens with one attached hydrogen (secondary N) is 1. The van der Waals surface area contributed by atoms with Crippen LogP contribution in [0, 0.1) is 0 Å². The Kier molecular flexibility index (Phi) is 5.47. The highest BCUT2D eigenvalue weighted by Gasteiger charge is 2.20. The molecule has 4 nitrogen and oxygen atoms in total. The van der Waals surface area contributed by atoms with Gasteiger partial charge >= 0.3 is 0 Å². The molecular formula is C24H28N2O2. The predicted octanol–water partition coefficient (Wildman–Crippen LogP) is 4.18. The Bertz CT molecular complexity index is 890. The molecule has 0 aromatic heterocycles. The van der Waals surface area contributed by atoms with Crippen molar-refractivity contribution >= 4 is 11.8 Å². The van der Waals surface area contributed by atoms with Crippen molar-refractivity contribution < 1.29 is 9.59 Å². The van der Waals surface area contributed by atoms with Gasteiger partial charge < -0.3 is 10.2 Å². The quantitative estimate of drug-likeness (QED) is 0.851. The zero-order valence-electron chi connectivity index (χ0n) is 16.5. The van der Waals surface area contributed by atoms with Crippen molar-refractivity contribution in [1.82, 2.24) is 10.2 Å². The maximum Gasteiger partial charge on any atom is 0.251 e. The van der Waals surface area contributed by atoms with Crippen LogP contribution in [0.15, 0.2) is 42.5 Å². The van der Waals surface area contributed by atoms with Gasteiger partial charge in [0, 0.05) is 25.1 Å². The Balaban J connectivity index is 1.43. The minimum Gasteiger partial charge on any atom is -0.346 e. The van der Waals surface area contributed by atoms with Gasteiger partial charge in [-0.05, 0) is 73.4 Å². The highest BCUT2D eigenvalue weighted by Crippen LogP contribution is 2.25. The molecule has 2 aromatic carbocycles. The monoisotopic (exact) mass is 376 g/mol. The lowest BCUT2D eigenvalue weighted by molar-refractivity contribution is -0.128. The molecule has 1 N–H and O–H groups in total. The second kappa shape index (κ2) is 8.17. The van der Waals surface area contributed by atoms with Crippen LogP contribution in [-0.4, -0.2) is 23.3 Å². The van der Waals surface area contributed by atoms with Gasteiger partial charge in [-0.15, -0.1) is 0 Å². The number of nitrogens with zero attached hydrogens (tertiary/aromatic N) is 1. The molecule has 0 radical (unpaired) electrons. The molecule has 4 heteroatoms. The van der Waals surface area contributed by atoms with Gasteiger partial charge in [-0.1, -0.05) is 30.3 Å². The van der Waals surface area contributed by atoms with E-state index in [1.807, 2.05) is 36.1 Å². The second-order valence-electron chi connectivity index (χ2n) is 8.05. The average molecular weight is 377 g/mol. The number of carbonyl (C=O) groups excluding carboxylic acids is 2. The molecule has 1 atom stereocenters. The van der Waals surface area contributed by atoms with Gasteiger partial charge in [0.2, 0.25) is 5.91 Å². The number of likely N-dealkylation sites (tertiary alicyclic amines) is 1. The Morgan fingerprint density at radius 1 is 1.04 bits per heavy atom. The van der Waals surface area contributed by atoms with Crippen LogP contribution in [0.2, 0.25) is 0 Å². The molecule has 146 valence electrons. The molecule has 1 aliphatic carbocycles. The third kappa shape index (κ3) is 4.11. The Hall–Kier alpha value is -2.62. The van der Waals surface area contributed by atoms with Crippen molar-refractivity contribution in [3.63, 3.8) is 0 Å². The summed E-state index contributed by atoms with van der Waals surface area (Å²) in [4.78, 5) is 26.5. The fourth-order valence-electron chi connectivity index (χ4n) is 4.29. The number of hydrogen-bond donors (Lipinski definition) is 1. The predicted molar refractivity (Wildman–Crippen MR) is 110 cm³/mol. The van der Waals surface area contributed by atoms with Crippen LogP contribution in [0.5, 0.6) is 0 Å². The lowest BCUT2D eigenvalue weighted by Gasteiger charge is -2.20. The number of aryl methyl sites for hydroxylation is 2. The fraction of sp³-hybridized carbons (Fsp3) is 0.417. The van der Waals surface area contributed by atoms with Crippen molar-refractivity contribution in [2.45, 2.75) is 58.0 Å². The van der Waals surface area contributed by atoms with Gasteiger partial charge in [-0.3, -0.25) is 9.59 Å². The molecule has 2 amide bonds. The molecule has 1 fully saturated rings. The third-order valence-electron chi connectivity index (χ3n) is 5.95. The van der Waals surface area contributed by atoms with Crippen LogP contribution >= 0.6 is 0 Å². The first kappa shape index (κ1) is 18.7. The summed E-state index contributed by atoms with van der Waals surface area (Å²) >= 11 is 0. The number of rotatable bonds is 5. The lowest BCUT2D eigenvalue weighted by atomic mass is 9.89. The Morgan fingerprint density at radius 3 is 2.64 bits per heavy atom. The summed E-state index contributed by atoms with van der Waals surface area (Å²) in [7, 11) is 0. The van der Waals surface area contributed by atoms with E-state index in [2.05, 4.69) is 23.5 Å². The van der Waals surface area contributed by atoms with Crippen LogP contribution in [0.3, 0.4) is 0 Å². The molecule has 1 heterocycles. The van der Waals surface area contributed by atoms with E-state index < -0.39 is 0 Å². The molecule has 28 heavy (non-hydrogen) atoms. The molecule has 0 saturated carbocycles. The van der Waals surface area contributed by atoms with Gasteiger partial charge in [-0.25, -0.2) is 0 Å². The van der Waals surface area contributed by atoms with E-state index in [-0.39, 0.29) is 17.9 Å². The molecule has 0 unspecified atom stereocenters. The largest absolute Gasteiger partial charge is 0.346 e. The minimum atomic E-state index is -0.0696. The molecule has 2 aromatic rings. The highest BCUT2D eigenvalue weighted by atomic mass is 16.2. The number of carbonyl (C=O) groups is 2. The second-order valence-corrected chi connectivity index (χ2v) is 8.05. The molecule has 0 spiro atoms. The molecular weight excluding hydrogens is 348 g/mol. The van der Waals surface area contributed by atoms with Gasteiger partial charge in [0.05, 0.1) is 6.04 Å². The molecule has 1 saturated heterocycles. The van der Waals surface area contributed by atoms with Crippen molar-refractivity contribution in [1.29, 1.82) is 0 Å². The van der Waals surface area contributed by atoms with Gasteiger partial charge in [0.15, 0.2) is 0 Å². The van der Waals surface area contributed by atoms with Crippen molar-refractivity contribution in [2.75, 3.05) is 6.54 Å². The number of benzene rings is 2. The van der Waals surface area contributed by atoms with Crippen LogP contribution in [0.1, 0.15) is 71.3 Å². The summed E-state index contributed by atoms with van der Waals surface area (Å²) in [6, 6.07) is 14.2. The maximum absolute atomic E-state index is 12.8. The number of hydrogen-bond acceptors (Lipinski definition) is 2. The van der Waals surface area contributed by atoms with E-state index >= 15 is 0 Å². The van der Waals surface area contributed by atoms with E-state index in [0.717, 1.165) is 30.5 Å². The number of amides is 2. The first-order valence-electron chi connectivity index (χ1n) is 10.4. The topological polar surface area (TPSA) is 49.4 Å². The molecule has 2 aliphatic rings. The highest BCUT2D eigenvalue weighted by molar-refractivity contribution is 5.94. The summed E-state index contributed by atoms with van der Waals surface area (Å²) in [5, 5.41) is 3.13. The van der Waals surface area contributed by atoms with Crippen LogP contribution in [-0.2, 0) is 24.2 Å². The standard InChI is InChI=1S/C24H28N2O2/c1-17(20-12-11-19-7-2-3-8-21(19)15-20)25-24(28)22-9-4-6-18(14-22)16-26-13-5-10-23(26)27/h4,6,9,11-12,14-15,17H,2-3,5,7-8,10,13,16H2,1H3,(H,25,28)/t17-/m0/s1. The van der Waals surface area contributed by atoms with Crippen LogP contribution < -0.4 is 5.32 Å². The summed E-state index contributed by atoms with van der Waals surface area (Å²) in [6.45, 7) is 3.43. The van der Waals surface area contributed by atoms with Crippen LogP contribution in [0.25, 0.3) is 0 Å². The summed E-state index contributed by atoms with van der Waals surface area (Å²) in [5.41, 5.74) is 5.70. The van der Waals surface area contributed by atoms with E-state index in [1.165, 1.54) is 30.4 Å².